The second kappa shape index (κ2) is 6.21. The van der Waals surface area contributed by atoms with Gasteiger partial charge in [0.2, 0.25) is 0 Å². The van der Waals surface area contributed by atoms with E-state index in [9.17, 15) is 0 Å². The van der Waals surface area contributed by atoms with E-state index in [0.29, 0.717) is 18.9 Å². The second-order valence-electron chi connectivity index (χ2n) is 4.59. The first kappa shape index (κ1) is 14.0. The molecule has 0 atom stereocenters. The summed E-state index contributed by atoms with van der Waals surface area (Å²) in [4.78, 5) is 11.3. The van der Waals surface area contributed by atoms with Gasteiger partial charge in [-0.3, -0.25) is 5.41 Å². The molecule has 0 unspecified atom stereocenters. The predicted molar refractivity (Wildman–Crippen MR) is 82.7 cm³/mol. The van der Waals surface area contributed by atoms with E-state index in [4.69, 9.17) is 16.0 Å². The minimum absolute atomic E-state index is 0.116. The van der Waals surface area contributed by atoms with Crippen LogP contribution in [0.2, 0.25) is 0 Å². The van der Waals surface area contributed by atoms with Gasteiger partial charge in [-0.15, -0.1) is 0 Å². The molecule has 0 spiro atoms. The van der Waals surface area contributed by atoms with Gasteiger partial charge in [-0.1, -0.05) is 41.7 Å². The van der Waals surface area contributed by atoms with Crippen molar-refractivity contribution >= 4 is 22.2 Å². The number of nitrogens with zero attached hydrogens (tertiary/aromatic N) is 2. The van der Waals surface area contributed by atoms with E-state index in [-0.39, 0.29) is 5.90 Å². The summed E-state index contributed by atoms with van der Waals surface area (Å²) in [5, 5.41) is 9.62. The maximum Gasteiger partial charge on any atom is 0.259 e. The van der Waals surface area contributed by atoms with Crippen LogP contribution in [-0.2, 0) is 9.57 Å². The van der Waals surface area contributed by atoms with Crippen LogP contribution in [0.25, 0.3) is 10.6 Å². The van der Waals surface area contributed by atoms with Crippen LogP contribution in [0, 0.1) is 5.41 Å². The monoisotopic (exact) mass is 304 g/mol. The molecule has 0 aliphatic carbocycles. The number of morpholine rings is 1. The van der Waals surface area contributed by atoms with E-state index >= 15 is 0 Å². The molecule has 3 rings (SSSR count). The average molecular weight is 304 g/mol. The first-order chi connectivity index (χ1) is 10.3. The SMILES string of the molecule is N=C(ON)c1nc(-c2ccccc2)sc1N1CCOCC1. The van der Waals surface area contributed by atoms with Crippen LogP contribution in [0.5, 0.6) is 0 Å². The van der Waals surface area contributed by atoms with E-state index < -0.39 is 0 Å². The largest absolute Gasteiger partial charge is 0.389 e. The summed E-state index contributed by atoms with van der Waals surface area (Å²) in [5.41, 5.74) is 1.51. The van der Waals surface area contributed by atoms with Crippen molar-refractivity contribution in [2.24, 2.45) is 5.90 Å². The summed E-state index contributed by atoms with van der Waals surface area (Å²) in [5.74, 6) is 5.03. The van der Waals surface area contributed by atoms with E-state index in [1.165, 1.54) is 0 Å². The molecule has 1 aromatic heterocycles. The standard InChI is InChI=1S/C14H16N4O2S/c15-12(20-16)11-14(18-6-8-19-9-7-18)21-13(17-11)10-4-2-1-3-5-10/h1-5,15H,6-9,16H2. The van der Waals surface area contributed by atoms with Gasteiger partial charge in [-0.2, -0.15) is 5.90 Å². The molecule has 1 fully saturated rings. The molecule has 1 aliphatic rings. The Kier molecular flexibility index (Phi) is 4.14. The number of nitrogens with two attached hydrogens (primary N) is 1. The number of ether oxygens (including phenoxy) is 1. The highest BCUT2D eigenvalue weighted by Gasteiger charge is 2.23. The smallest absolute Gasteiger partial charge is 0.259 e. The first-order valence-electron chi connectivity index (χ1n) is 6.64. The maximum absolute atomic E-state index is 7.85. The van der Waals surface area contributed by atoms with E-state index in [2.05, 4.69) is 14.7 Å². The minimum atomic E-state index is -0.116. The fourth-order valence-electron chi connectivity index (χ4n) is 2.20. The van der Waals surface area contributed by atoms with E-state index in [1.807, 2.05) is 30.3 Å². The molecule has 2 aromatic rings. The Morgan fingerprint density at radius 2 is 2.00 bits per heavy atom. The van der Waals surface area contributed by atoms with Gasteiger partial charge in [-0.25, -0.2) is 4.98 Å². The molecule has 0 bridgehead atoms. The van der Waals surface area contributed by atoms with Crippen molar-refractivity contribution < 1.29 is 9.57 Å². The highest BCUT2D eigenvalue weighted by atomic mass is 32.1. The third-order valence-corrected chi connectivity index (χ3v) is 4.43. The van der Waals surface area contributed by atoms with E-state index in [1.54, 1.807) is 11.3 Å². The van der Waals surface area contributed by atoms with Crippen molar-refractivity contribution in [1.82, 2.24) is 4.98 Å². The lowest BCUT2D eigenvalue weighted by Gasteiger charge is -2.27. The fourth-order valence-corrected chi connectivity index (χ4v) is 3.32. The Morgan fingerprint density at radius 1 is 1.29 bits per heavy atom. The molecular formula is C14H16N4O2S. The Bertz CT molecular complexity index is 623. The van der Waals surface area contributed by atoms with Gasteiger partial charge in [0.25, 0.3) is 5.90 Å². The number of thiazole rings is 1. The number of anilines is 1. The van der Waals surface area contributed by atoms with Gasteiger partial charge >= 0.3 is 0 Å². The molecule has 6 nitrogen and oxygen atoms in total. The average Bonchev–Trinajstić information content (AvgIpc) is 3.01. The Hall–Kier alpha value is -1.96. The number of aromatic nitrogens is 1. The first-order valence-corrected chi connectivity index (χ1v) is 7.46. The zero-order valence-electron chi connectivity index (χ0n) is 11.4. The van der Waals surface area contributed by atoms with Crippen LogP contribution in [0.1, 0.15) is 5.69 Å². The molecule has 1 aromatic carbocycles. The molecule has 0 amide bonds. The van der Waals surface area contributed by atoms with Crippen molar-refractivity contribution in [1.29, 1.82) is 5.41 Å². The third kappa shape index (κ3) is 2.90. The van der Waals surface area contributed by atoms with Gasteiger partial charge in [0.1, 0.15) is 10.0 Å². The number of nitrogens with one attached hydrogen (secondary N) is 1. The molecule has 7 heteroatoms. The third-order valence-electron chi connectivity index (χ3n) is 3.26. The summed E-state index contributed by atoms with van der Waals surface area (Å²) in [6, 6.07) is 9.90. The molecular weight excluding hydrogens is 288 g/mol. The van der Waals surface area contributed by atoms with Crippen LogP contribution < -0.4 is 10.8 Å². The lowest BCUT2D eigenvalue weighted by molar-refractivity contribution is 0.123. The van der Waals surface area contributed by atoms with Crippen LogP contribution in [0.4, 0.5) is 5.00 Å². The van der Waals surface area contributed by atoms with Crippen LogP contribution in [0.3, 0.4) is 0 Å². The van der Waals surface area contributed by atoms with Crippen molar-refractivity contribution in [2.75, 3.05) is 31.2 Å². The Labute approximate surface area is 126 Å². The maximum atomic E-state index is 7.85. The van der Waals surface area contributed by atoms with Crippen molar-refractivity contribution in [3.8, 4) is 10.6 Å². The number of hydrogen-bond acceptors (Lipinski definition) is 7. The zero-order valence-corrected chi connectivity index (χ0v) is 12.2. The number of rotatable bonds is 3. The highest BCUT2D eigenvalue weighted by Crippen LogP contribution is 2.35. The lowest BCUT2D eigenvalue weighted by atomic mass is 10.2. The predicted octanol–water partition coefficient (Wildman–Crippen LogP) is 1.86. The summed E-state index contributed by atoms with van der Waals surface area (Å²) in [7, 11) is 0. The van der Waals surface area contributed by atoms with Gasteiger partial charge in [0.15, 0.2) is 5.69 Å². The van der Waals surface area contributed by atoms with Crippen molar-refractivity contribution in [2.45, 2.75) is 0 Å². The minimum Gasteiger partial charge on any atom is -0.389 e. The van der Waals surface area contributed by atoms with Crippen LogP contribution in [-0.4, -0.2) is 37.2 Å². The molecule has 110 valence electrons. The van der Waals surface area contributed by atoms with Gasteiger partial charge in [0, 0.05) is 18.7 Å². The summed E-state index contributed by atoms with van der Waals surface area (Å²) >= 11 is 1.55. The molecule has 21 heavy (non-hydrogen) atoms. The lowest BCUT2D eigenvalue weighted by Crippen LogP contribution is -2.36. The topological polar surface area (TPSA) is 84.5 Å². The van der Waals surface area contributed by atoms with E-state index in [0.717, 1.165) is 28.7 Å². The fraction of sp³-hybridized carbons (Fsp3) is 0.286. The van der Waals surface area contributed by atoms with Crippen molar-refractivity contribution in [3.63, 3.8) is 0 Å². The second-order valence-corrected chi connectivity index (χ2v) is 5.56. The quantitative estimate of drug-likeness (QED) is 0.514. The normalized spacial score (nSPS) is 15.0. The molecule has 0 radical (unpaired) electrons. The summed E-state index contributed by atoms with van der Waals surface area (Å²) in [6.45, 7) is 2.91. The number of benzene rings is 1. The van der Waals surface area contributed by atoms with Crippen LogP contribution in [0.15, 0.2) is 30.3 Å². The molecule has 1 saturated heterocycles. The summed E-state index contributed by atoms with van der Waals surface area (Å²) < 4.78 is 5.37. The Balaban J connectivity index is 2.00. The molecule has 3 N–H and O–H groups in total. The highest BCUT2D eigenvalue weighted by molar-refractivity contribution is 7.19. The number of hydrogen-bond donors (Lipinski definition) is 2. The molecule has 2 heterocycles. The van der Waals surface area contributed by atoms with Crippen LogP contribution >= 0.6 is 11.3 Å². The van der Waals surface area contributed by atoms with Crippen molar-refractivity contribution in [3.05, 3.63) is 36.0 Å². The molecule has 0 saturated carbocycles. The van der Waals surface area contributed by atoms with Gasteiger partial charge in [-0.05, 0) is 0 Å². The van der Waals surface area contributed by atoms with Gasteiger partial charge in [0.05, 0.1) is 13.2 Å². The van der Waals surface area contributed by atoms with Gasteiger partial charge < -0.3 is 14.5 Å². The molecule has 1 aliphatic heterocycles. The zero-order chi connectivity index (χ0) is 14.7. The Morgan fingerprint density at radius 3 is 2.67 bits per heavy atom. The summed E-state index contributed by atoms with van der Waals surface area (Å²) in [6.07, 6.45) is 0.